The summed E-state index contributed by atoms with van der Waals surface area (Å²) in [6.45, 7) is 0. The molecular weight excluding hydrogens is 725 g/mol. The van der Waals surface area contributed by atoms with E-state index in [-0.39, 0.29) is 0 Å². The number of nitrogens with zero attached hydrogens (tertiary/aromatic N) is 2. The molecule has 0 aliphatic carbocycles. The number of rotatable bonds is 6. The highest BCUT2D eigenvalue weighted by Crippen LogP contribution is 2.44. The fourth-order valence-corrected chi connectivity index (χ4v) is 9.48. The maximum Gasteiger partial charge on any atom is 0.0619 e. The van der Waals surface area contributed by atoms with Gasteiger partial charge in [0.1, 0.15) is 0 Å². The summed E-state index contributed by atoms with van der Waals surface area (Å²) in [5.41, 5.74) is 11.7. The summed E-state index contributed by atoms with van der Waals surface area (Å²) in [6, 6.07) is 84.3. The summed E-state index contributed by atoms with van der Waals surface area (Å²) in [5.74, 6) is 0. The predicted octanol–water partition coefficient (Wildman–Crippen LogP) is 16.2. The number of para-hydroxylation sites is 1. The molecule has 2 nitrogen and oxygen atoms in total. The molecular formula is C58H38N2. The van der Waals surface area contributed by atoms with E-state index < -0.39 is 0 Å². The van der Waals surface area contributed by atoms with Gasteiger partial charge in [0.05, 0.1) is 11.0 Å². The molecule has 0 atom stereocenters. The summed E-state index contributed by atoms with van der Waals surface area (Å²) in [5, 5.41) is 12.5. The fourth-order valence-electron chi connectivity index (χ4n) is 9.48. The van der Waals surface area contributed by atoms with E-state index >= 15 is 0 Å². The summed E-state index contributed by atoms with van der Waals surface area (Å²) < 4.78 is 2.45. The van der Waals surface area contributed by atoms with Crippen LogP contribution in [0.3, 0.4) is 0 Å². The van der Waals surface area contributed by atoms with Crippen LogP contribution in [0.15, 0.2) is 231 Å². The molecule has 0 saturated heterocycles. The lowest BCUT2D eigenvalue weighted by Crippen LogP contribution is -2.10. The molecule has 0 saturated carbocycles. The van der Waals surface area contributed by atoms with Gasteiger partial charge in [0.15, 0.2) is 0 Å². The minimum Gasteiger partial charge on any atom is -0.310 e. The zero-order valence-corrected chi connectivity index (χ0v) is 32.8. The van der Waals surface area contributed by atoms with Crippen LogP contribution in [0, 0.1) is 0 Å². The molecule has 0 spiro atoms. The number of benzene rings is 11. The zero-order valence-electron chi connectivity index (χ0n) is 32.8. The molecule has 12 aromatic rings. The average Bonchev–Trinajstić information content (AvgIpc) is 3.67. The van der Waals surface area contributed by atoms with Crippen LogP contribution in [0.1, 0.15) is 0 Å². The Morgan fingerprint density at radius 1 is 0.300 bits per heavy atom. The molecule has 0 amide bonds. The Hall–Kier alpha value is -7.94. The summed E-state index contributed by atoms with van der Waals surface area (Å²) in [4.78, 5) is 2.41. The third kappa shape index (κ3) is 5.57. The van der Waals surface area contributed by atoms with Crippen LogP contribution >= 0.6 is 0 Å². The van der Waals surface area contributed by atoms with Crippen molar-refractivity contribution in [3.05, 3.63) is 231 Å². The number of hydrogen-bond donors (Lipinski definition) is 0. The van der Waals surface area contributed by atoms with Gasteiger partial charge in [0.25, 0.3) is 0 Å². The SMILES string of the molecule is c1ccc(-n2c3cccc(-c4cccc(N(c5ccc(-c6ccc7ccccc7c6)cc5)c5ccc6c(ccc7ccccc76)c5)c4)c3c3ccc4ccccc4c32)cc1. The van der Waals surface area contributed by atoms with E-state index in [1.807, 2.05) is 0 Å². The lowest BCUT2D eigenvalue weighted by Gasteiger charge is -2.27. The summed E-state index contributed by atoms with van der Waals surface area (Å²) >= 11 is 0. The lowest BCUT2D eigenvalue weighted by atomic mass is 9.97. The van der Waals surface area contributed by atoms with Gasteiger partial charge in [-0.2, -0.15) is 0 Å². The molecule has 12 rings (SSSR count). The molecule has 0 bridgehead atoms. The number of hydrogen-bond acceptors (Lipinski definition) is 1. The molecule has 0 unspecified atom stereocenters. The topological polar surface area (TPSA) is 8.17 Å². The molecule has 0 fully saturated rings. The Bertz CT molecular complexity index is 3600. The van der Waals surface area contributed by atoms with Gasteiger partial charge in [0.2, 0.25) is 0 Å². The first kappa shape index (κ1) is 34.1. The molecule has 0 aliphatic heterocycles. The summed E-state index contributed by atoms with van der Waals surface area (Å²) in [6.07, 6.45) is 0. The van der Waals surface area contributed by atoms with E-state index in [9.17, 15) is 0 Å². The second-order valence-corrected chi connectivity index (χ2v) is 15.7. The monoisotopic (exact) mass is 762 g/mol. The van der Waals surface area contributed by atoms with Crippen LogP contribution in [-0.2, 0) is 0 Å². The molecule has 1 aromatic heterocycles. The van der Waals surface area contributed by atoms with Gasteiger partial charge in [-0.25, -0.2) is 0 Å². The molecule has 280 valence electrons. The van der Waals surface area contributed by atoms with Gasteiger partial charge in [-0.1, -0.05) is 170 Å². The highest BCUT2D eigenvalue weighted by atomic mass is 15.1. The first-order valence-corrected chi connectivity index (χ1v) is 20.7. The number of anilines is 3. The molecule has 0 radical (unpaired) electrons. The maximum absolute atomic E-state index is 2.45. The molecule has 2 heteroatoms. The van der Waals surface area contributed by atoms with E-state index in [1.54, 1.807) is 0 Å². The van der Waals surface area contributed by atoms with Crippen LogP contribution < -0.4 is 4.90 Å². The van der Waals surface area contributed by atoms with Gasteiger partial charge < -0.3 is 9.47 Å². The first-order chi connectivity index (χ1) is 29.7. The van der Waals surface area contributed by atoms with Crippen LogP contribution in [0.2, 0.25) is 0 Å². The minimum absolute atomic E-state index is 1.10. The second-order valence-electron chi connectivity index (χ2n) is 15.7. The minimum atomic E-state index is 1.10. The van der Waals surface area contributed by atoms with Gasteiger partial charge in [-0.15, -0.1) is 0 Å². The van der Waals surface area contributed by atoms with Crippen LogP contribution in [0.5, 0.6) is 0 Å². The molecule has 60 heavy (non-hydrogen) atoms. The number of aromatic nitrogens is 1. The third-order valence-electron chi connectivity index (χ3n) is 12.3. The standard InChI is InChI=1S/C58H38N2/c1-2-17-47(18-3-1)60-56-23-11-22-53(57(56)55-34-30-42-14-7-9-21-54(42)58(55)60)45-16-10-19-49(37-45)59(50-33-35-52-46(38-50)27-25-41-13-6-8-20-51(41)52)48-31-28-40(29-32-48)44-26-24-39-12-4-5-15-43(39)36-44/h1-38H. The molecule has 0 aliphatic rings. The Labute approximate surface area is 348 Å². The van der Waals surface area contributed by atoms with Crippen molar-refractivity contribution in [1.29, 1.82) is 0 Å². The second kappa shape index (κ2) is 13.9. The predicted molar refractivity (Wildman–Crippen MR) is 256 cm³/mol. The van der Waals surface area contributed by atoms with Crippen molar-refractivity contribution in [3.8, 4) is 27.9 Å². The normalized spacial score (nSPS) is 11.7. The largest absolute Gasteiger partial charge is 0.310 e. The Morgan fingerprint density at radius 2 is 0.900 bits per heavy atom. The van der Waals surface area contributed by atoms with E-state index in [0.29, 0.717) is 0 Å². The molecule has 11 aromatic carbocycles. The Kier molecular flexibility index (Phi) is 7.89. The van der Waals surface area contributed by atoms with Crippen LogP contribution in [0.25, 0.3) is 92.8 Å². The Morgan fingerprint density at radius 3 is 1.75 bits per heavy atom. The lowest BCUT2D eigenvalue weighted by molar-refractivity contribution is 1.19. The zero-order chi connectivity index (χ0) is 39.6. The van der Waals surface area contributed by atoms with Gasteiger partial charge in [-0.05, 0) is 121 Å². The van der Waals surface area contributed by atoms with E-state index in [0.717, 1.165) is 22.7 Å². The first-order valence-electron chi connectivity index (χ1n) is 20.7. The van der Waals surface area contributed by atoms with Crippen molar-refractivity contribution in [1.82, 2.24) is 4.57 Å². The average molecular weight is 763 g/mol. The fraction of sp³-hybridized carbons (Fsp3) is 0. The van der Waals surface area contributed by atoms with E-state index in [2.05, 4.69) is 240 Å². The Balaban J connectivity index is 1.05. The quantitative estimate of drug-likeness (QED) is 0.153. The van der Waals surface area contributed by atoms with Crippen molar-refractivity contribution < 1.29 is 0 Å². The summed E-state index contributed by atoms with van der Waals surface area (Å²) in [7, 11) is 0. The highest BCUT2D eigenvalue weighted by Gasteiger charge is 2.20. The van der Waals surface area contributed by atoms with Crippen molar-refractivity contribution in [3.63, 3.8) is 0 Å². The third-order valence-corrected chi connectivity index (χ3v) is 12.3. The molecule has 0 N–H and O–H groups in total. The van der Waals surface area contributed by atoms with Crippen LogP contribution in [-0.4, -0.2) is 4.57 Å². The smallest absolute Gasteiger partial charge is 0.0619 e. The van der Waals surface area contributed by atoms with E-state index in [4.69, 9.17) is 0 Å². The van der Waals surface area contributed by atoms with Gasteiger partial charge in [-0.3, -0.25) is 0 Å². The highest BCUT2D eigenvalue weighted by molar-refractivity contribution is 6.22. The van der Waals surface area contributed by atoms with Gasteiger partial charge in [0, 0.05) is 38.9 Å². The van der Waals surface area contributed by atoms with Crippen molar-refractivity contribution in [2.75, 3.05) is 4.90 Å². The van der Waals surface area contributed by atoms with Crippen LogP contribution in [0.4, 0.5) is 17.1 Å². The van der Waals surface area contributed by atoms with Gasteiger partial charge >= 0.3 is 0 Å². The van der Waals surface area contributed by atoms with Crippen molar-refractivity contribution in [2.45, 2.75) is 0 Å². The number of fused-ring (bicyclic) bond motifs is 9. The van der Waals surface area contributed by atoms with Crippen molar-refractivity contribution >= 4 is 82.0 Å². The van der Waals surface area contributed by atoms with E-state index in [1.165, 1.54) is 87.1 Å². The maximum atomic E-state index is 2.45. The van der Waals surface area contributed by atoms with Crippen molar-refractivity contribution in [2.24, 2.45) is 0 Å². The molecule has 1 heterocycles.